The van der Waals surface area contributed by atoms with Crippen LogP contribution in [0.1, 0.15) is 12.8 Å². The van der Waals surface area contributed by atoms with Gasteiger partial charge in [0.2, 0.25) is 17.7 Å². The molecule has 1 aliphatic carbocycles. The summed E-state index contributed by atoms with van der Waals surface area (Å²) in [6, 6.07) is 4.61. The molecule has 2 aromatic heterocycles. The van der Waals surface area contributed by atoms with Crippen LogP contribution in [0.2, 0.25) is 0 Å². The van der Waals surface area contributed by atoms with Gasteiger partial charge in [0.1, 0.15) is 12.6 Å². The lowest BCUT2D eigenvalue weighted by molar-refractivity contribution is -0.312. The molecule has 1 amide bonds. The number of fused-ring (bicyclic) bond motifs is 1. The minimum absolute atomic E-state index is 0.112. The first-order valence-electron chi connectivity index (χ1n) is 9.77. The second kappa shape index (κ2) is 8.91. The van der Waals surface area contributed by atoms with E-state index in [-0.39, 0.29) is 22.6 Å². The Morgan fingerprint density at radius 2 is 1.94 bits per heavy atom. The standard InChI is InChI=1S/C20H16BrF4N5O4/c1-33-19(20(23,24)25)5-12(6-19)34-16-14-4-10(21)2-3-13(14)17(32)30(29-16)9-15(31)28-18-26-7-11(22)8-27-18/h2-4,7-8,12H,5-6,9H2,1H3,(H,26,27,28,31)/t12-,19+. The minimum Gasteiger partial charge on any atom is -0.473 e. The van der Waals surface area contributed by atoms with Crippen molar-refractivity contribution in [2.24, 2.45) is 0 Å². The highest BCUT2D eigenvalue weighted by Crippen LogP contribution is 2.49. The summed E-state index contributed by atoms with van der Waals surface area (Å²) >= 11 is 3.28. The summed E-state index contributed by atoms with van der Waals surface area (Å²) in [4.78, 5) is 32.4. The van der Waals surface area contributed by atoms with Crippen molar-refractivity contribution in [1.82, 2.24) is 19.7 Å². The highest BCUT2D eigenvalue weighted by atomic mass is 79.9. The van der Waals surface area contributed by atoms with Crippen LogP contribution in [0.25, 0.3) is 10.8 Å². The first-order chi connectivity index (χ1) is 16.0. The number of ether oxygens (including phenoxy) is 2. The van der Waals surface area contributed by atoms with Crippen LogP contribution in [-0.2, 0) is 16.1 Å². The van der Waals surface area contributed by atoms with Crippen molar-refractivity contribution in [3.63, 3.8) is 0 Å². The monoisotopic (exact) mass is 545 g/mol. The topological polar surface area (TPSA) is 108 Å². The lowest BCUT2D eigenvalue weighted by Crippen LogP contribution is -2.60. The number of nitrogens with one attached hydrogen (secondary N) is 1. The van der Waals surface area contributed by atoms with Crippen molar-refractivity contribution in [2.45, 2.75) is 37.3 Å². The van der Waals surface area contributed by atoms with Crippen molar-refractivity contribution >= 4 is 38.6 Å². The van der Waals surface area contributed by atoms with Gasteiger partial charge in [-0.25, -0.2) is 19.0 Å². The highest BCUT2D eigenvalue weighted by Gasteiger charge is 2.64. The first kappa shape index (κ1) is 24.0. The first-order valence-corrected chi connectivity index (χ1v) is 10.6. The fraction of sp³-hybridized carbons (Fsp3) is 0.350. The number of methoxy groups -OCH3 is 1. The van der Waals surface area contributed by atoms with E-state index < -0.39 is 54.6 Å². The zero-order valence-electron chi connectivity index (χ0n) is 17.4. The Morgan fingerprint density at radius 1 is 1.26 bits per heavy atom. The van der Waals surface area contributed by atoms with Crippen molar-refractivity contribution < 1.29 is 31.8 Å². The van der Waals surface area contributed by atoms with Crippen molar-refractivity contribution in [3.05, 3.63) is 51.2 Å². The summed E-state index contributed by atoms with van der Waals surface area (Å²) < 4.78 is 64.7. The maximum atomic E-state index is 13.3. The summed E-state index contributed by atoms with van der Waals surface area (Å²) in [5.74, 6) is -1.73. The maximum absolute atomic E-state index is 13.3. The van der Waals surface area contributed by atoms with Crippen molar-refractivity contribution in [1.29, 1.82) is 0 Å². The quantitative estimate of drug-likeness (QED) is 0.474. The van der Waals surface area contributed by atoms with Gasteiger partial charge in [-0.2, -0.15) is 13.2 Å². The van der Waals surface area contributed by atoms with E-state index in [0.717, 1.165) is 24.2 Å². The predicted octanol–water partition coefficient (Wildman–Crippen LogP) is 3.22. The van der Waals surface area contributed by atoms with E-state index >= 15 is 0 Å². The van der Waals surface area contributed by atoms with Gasteiger partial charge in [-0.15, -0.1) is 5.10 Å². The van der Waals surface area contributed by atoms with Crippen molar-refractivity contribution in [2.75, 3.05) is 12.4 Å². The van der Waals surface area contributed by atoms with Gasteiger partial charge in [0, 0.05) is 24.4 Å². The van der Waals surface area contributed by atoms with E-state index in [1.807, 2.05) is 0 Å². The summed E-state index contributed by atoms with van der Waals surface area (Å²) in [7, 11) is 0.984. The number of hydrogen-bond donors (Lipinski definition) is 1. The number of rotatable bonds is 6. The average molecular weight is 546 g/mol. The van der Waals surface area contributed by atoms with E-state index in [1.165, 1.54) is 6.07 Å². The molecule has 4 rings (SSSR count). The van der Waals surface area contributed by atoms with Gasteiger partial charge in [0.25, 0.3) is 5.56 Å². The minimum atomic E-state index is -4.57. The van der Waals surface area contributed by atoms with Gasteiger partial charge < -0.3 is 9.47 Å². The zero-order valence-corrected chi connectivity index (χ0v) is 19.0. The Kier molecular flexibility index (Phi) is 6.29. The van der Waals surface area contributed by atoms with Crippen LogP contribution in [0.4, 0.5) is 23.5 Å². The number of anilines is 1. The lowest BCUT2D eigenvalue weighted by atomic mass is 9.76. The Balaban J connectivity index is 1.61. The number of nitrogens with zero attached hydrogens (tertiary/aromatic N) is 4. The molecule has 3 aromatic rings. The van der Waals surface area contributed by atoms with E-state index in [4.69, 9.17) is 9.47 Å². The molecule has 9 nitrogen and oxygen atoms in total. The van der Waals surface area contributed by atoms with E-state index in [0.29, 0.717) is 4.47 Å². The molecule has 34 heavy (non-hydrogen) atoms. The number of alkyl halides is 3. The molecular formula is C20H16BrF4N5O4. The number of carbonyl (C=O) groups excluding carboxylic acids is 1. The molecule has 0 radical (unpaired) electrons. The molecule has 0 saturated heterocycles. The molecule has 1 aliphatic rings. The Morgan fingerprint density at radius 3 is 2.56 bits per heavy atom. The summed E-state index contributed by atoms with van der Waals surface area (Å²) in [5.41, 5.74) is -2.93. The molecule has 1 fully saturated rings. The number of benzene rings is 1. The van der Waals surface area contributed by atoms with E-state index in [9.17, 15) is 27.2 Å². The fourth-order valence-corrected chi connectivity index (χ4v) is 3.89. The SMILES string of the molecule is CO[C@]1(C(F)(F)F)C[C@H](Oc2nn(CC(=O)Nc3ncc(F)cn3)c(=O)c3ccc(Br)cc23)C1. The molecule has 0 unspecified atom stereocenters. The van der Waals surface area contributed by atoms with Crippen molar-refractivity contribution in [3.8, 4) is 5.88 Å². The Hall–Kier alpha value is -3.13. The third kappa shape index (κ3) is 4.59. The van der Waals surface area contributed by atoms with Gasteiger partial charge in [-0.3, -0.25) is 14.9 Å². The molecule has 0 aliphatic heterocycles. The smallest absolute Gasteiger partial charge is 0.417 e. The second-order valence-corrected chi connectivity index (χ2v) is 8.49. The van der Waals surface area contributed by atoms with Crippen LogP contribution >= 0.6 is 15.9 Å². The number of carbonyl (C=O) groups is 1. The van der Waals surface area contributed by atoms with Crippen LogP contribution < -0.4 is 15.6 Å². The lowest BCUT2D eigenvalue weighted by Gasteiger charge is -2.46. The third-order valence-corrected chi connectivity index (χ3v) is 5.85. The second-order valence-electron chi connectivity index (χ2n) is 7.58. The zero-order chi connectivity index (χ0) is 24.7. The number of aromatic nitrogens is 4. The summed E-state index contributed by atoms with van der Waals surface area (Å²) in [6.45, 7) is -0.572. The van der Waals surface area contributed by atoms with Crippen LogP contribution in [0, 0.1) is 5.82 Å². The molecule has 1 saturated carbocycles. The molecule has 2 heterocycles. The number of halogens is 5. The van der Waals surface area contributed by atoms with Crippen LogP contribution in [0.5, 0.6) is 5.88 Å². The van der Waals surface area contributed by atoms with Gasteiger partial charge in [0.15, 0.2) is 11.4 Å². The average Bonchev–Trinajstić information content (AvgIpc) is 2.74. The number of amides is 1. The van der Waals surface area contributed by atoms with Gasteiger partial charge >= 0.3 is 6.18 Å². The summed E-state index contributed by atoms with van der Waals surface area (Å²) in [5, 5.41) is 6.78. The van der Waals surface area contributed by atoms with Gasteiger partial charge in [-0.1, -0.05) is 15.9 Å². The van der Waals surface area contributed by atoms with Crippen LogP contribution in [0.15, 0.2) is 39.9 Å². The predicted molar refractivity (Wildman–Crippen MR) is 114 cm³/mol. The molecular weight excluding hydrogens is 530 g/mol. The number of hydrogen-bond acceptors (Lipinski definition) is 7. The molecule has 0 atom stereocenters. The van der Waals surface area contributed by atoms with Gasteiger partial charge in [0.05, 0.1) is 23.2 Å². The Labute approximate surface area is 197 Å². The molecule has 14 heteroatoms. The normalized spacial score (nSPS) is 20.1. The van der Waals surface area contributed by atoms with E-state index in [1.54, 1.807) is 12.1 Å². The fourth-order valence-electron chi connectivity index (χ4n) is 3.53. The largest absolute Gasteiger partial charge is 0.473 e. The highest BCUT2D eigenvalue weighted by molar-refractivity contribution is 9.10. The molecule has 0 bridgehead atoms. The van der Waals surface area contributed by atoms with E-state index in [2.05, 4.69) is 36.3 Å². The molecule has 0 spiro atoms. The van der Waals surface area contributed by atoms with Crippen LogP contribution in [0.3, 0.4) is 0 Å². The maximum Gasteiger partial charge on any atom is 0.417 e. The molecule has 180 valence electrons. The van der Waals surface area contributed by atoms with Gasteiger partial charge in [-0.05, 0) is 18.2 Å². The molecule has 1 N–H and O–H groups in total. The van der Waals surface area contributed by atoms with Crippen LogP contribution in [-0.4, -0.2) is 50.6 Å². The Bertz CT molecular complexity index is 1290. The third-order valence-electron chi connectivity index (χ3n) is 5.35. The molecule has 1 aromatic carbocycles. The summed E-state index contributed by atoms with van der Waals surface area (Å²) in [6.07, 6.45) is -4.64.